The van der Waals surface area contributed by atoms with Crippen LogP contribution >= 0.6 is 0 Å². The lowest BCUT2D eigenvalue weighted by Gasteiger charge is -2.21. The topological polar surface area (TPSA) is 61.4 Å². The van der Waals surface area contributed by atoms with Gasteiger partial charge in [0.1, 0.15) is 0 Å². The fourth-order valence-electron chi connectivity index (χ4n) is 2.13. The Labute approximate surface area is 126 Å². The molecule has 2 heterocycles. The average molecular weight is 291 g/mol. The number of rotatable bonds is 3. The molecule has 0 spiro atoms. The number of amides is 1. The van der Waals surface area contributed by atoms with Gasteiger partial charge in [-0.1, -0.05) is 0 Å². The standard InChI is InChI=1S/C15H25N5O/c1-15(2,3)18-10-12-8-16-14(17-9-12)20-7-5-6-19(4)13(21)11-20/h8-9,18H,5-7,10-11H2,1-4H3. The summed E-state index contributed by atoms with van der Waals surface area (Å²) in [6, 6.07) is 0. The number of carbonyl (C=O) groups is 1. The minimum absolute atomic E-state index is 0.0699. The third kappa shape index (κ3) is 4.67. The van der Waals surface area contributed by atoms with Gasteiger partial charge >= 0.3 is 0 Å². The van der Waals surface area contributed by atoms with Crippen molar-refractivity contribution < 1.29 is 4.79 Å². The second-order valence-electron chi connectivity index (χ2n) is 6.59. The zero-order valence-corrected chi connectivity index (χ0v) is 13.4. The molecule has 0 atom stereocenters. The lowest BCUT2D eigenvalue weighted by molar-refractivity contribution is -0.127. The summed E-state index contributed by atoms with van der Waals surface area (Å²) in [7, 11) is 1.84. The van der Waals surface area contributed by atoms with Crippen molar-refractivity contribution in [2.24, 2.45) is 0 Å². The summed E-state index contributed by atoms with van der Waals surface area (Å²) < 4.78 is 0. The van der Waals surface area contributed by atoms with E-state index in [0.717, 1.165) is 31.6 Å². The first-order valence-electron chi connectivity index (χ1n) is 7.40. The summed E-state index contributed by atoms with van der Waals surface area (Å²) in [6.45, 7) is 9.09. The van der Waals surface area contributed by atoms with Gasteiger partial charge < -0.3 is 15.1 Å². The van der Waals surface area contributed by atoms with Crippen LogP contribution in [-0.4, -0.2) is 53.0 Å². The third-order valence-electron chi connectivity index (χ3n) is 3.47. The molecule has 0 unspecified atom stereocenters. The van der Waals surface area contributed by atoms with Gasteiger partial charge in [0.15, 0.2) is 0 Å². The van der Waals surface area contributed by atoms with Crippen molar-refractivity contribution in [3.05, 3.63) is 18.0 Å². The van der Waals surface area contributed by atoms with Gasteiger partial charge in [0, 0.05) is 50.2 Å². The molecule has 6 nitrogen and oxygen atoms in total. The van der Waals surface area contributed by atoms with Gasteiger partial charge in [-0.2, -0.15) is 0 Å². The minimum atomic E-state index is 0.0699. The Morgan fingerprint density at radius 2 is 1.90 bits per heavy atom. The smallest absolute Gasteiger partial charge is 0.241 e. The summed E-state index contributed by atoms with van der Waals surface area (Å²) in [5, 5.41) is 3.41. The SMILES string of the molecule is CN1CCCN(c2ncc(CNC(C)(C)C)cn2)CC1=O. The van der Waals surface area contributed by atoms with E-state index in [9.17, 15) is 4.79 Å². The maximum Gasteiger partial charge on any atom is 0.241 e. The number of hydrogen-bond donors (Lipinski definition) is 1. The Bertz CT molecular complexity index is 480. The highest BCUT2D eigenvalue weighted by Crippen LogP contribution is 2.11. The molecule has 1 N–H and O–H groups in total. The van der Waals surface area contributed by atoms with Crippen LogP contribution in [0.4, 0.5) is 5.95 Å². The molecule has 116 valence electrons. The van der Waals surface area contributed by atoms with E-state index >= 15 is 0 Å². The molecule has 1 aliphatic rings. The van der Waals surface area contributed by atoms with Gasteiger partial charge in [0.2, 0.25) is 11.9 Å². The third-order valence-corrected chi connectivity index (χ3v) is 3.47. The minimum Gasteiger partial charge on any atom is -0.344 e. The summed E-state index contributed by atoms with van der Waals surface area (Å²) in [5.41, 5.74) is 1.12. The molecule has 1 aliphatic heterocycles. The molecule has 0 saturated carbocycles. The lowest BCUT2D eigenvalue weighted by atomic mass is 10.1. The highest BCUT2D eigenvalue weighted by molar-refractivity contribution is 5.81. The van der Waals surface area contributed by atoms with E-state index in [0.29, 0.717) is 12.5 Å². The van der Waals surface area contributed by atoms with E-state index in [-0.39, 0.29) is 11.4 Å². The van der Waals surface area contributed by atoms with Gasteiger partial charge in [-0.15, -0.1) is 0 Å². The fourth-order valence-corrected chi connectivity index (χ4v) is 2.13. The predicted molar refractivity (Wildman–Crippen MR) is 83.1 cm³/mol. The van der Waals surface area contributed by atoms with Crippen LogP contribution < -0.4 is 10.2 Å². The van der Waals surface area contributed by atoms with Crippen molar-refractivity contribution in [3.8, 4) is 0 Å². The van der Waals surface area contributed by atoms with Crippen molar-refractivity contribution in [1.82, 2.24) is 20.2 Å². The Balaban J connectivity index is 1.99. The van der Waals surface area contributed by atoms with Crippen LogP contribution in [-0.2, 0) is 11.3 Å². The quantitative estimate of drug-likeness (QED) is 0.901. The highest BCUT2D eigenvalue weighted by atomic mass is 16.2. The largest absolute Gasteiger partial charge is 0.344 e. The van der Waals surface area contributed by atoms with Gasteiger partial charge in [-0.05, 0) is 27.2 Å². The summed E-state index contributed by atoms with van der Waals surface area (Å²) in [6.07, 6.45) is 4.61. The van der Waals surface area contributed by atoms with E-state index in [1.165, 1.54) is 0 Å². The molecule has 1 amide bonds. The van der Waals surface area contributed by atoms with Gasteiger partial charge in [-0.3, -0.25) is 4.79 Å². The Morgan fingerprint density at radius 3 is 2.52 bits per heavy atom. The first-order valence-corrected chi connectivity index (χ1v) is 7.40. The molecule has 21 heavy (non-hydrogen) atoms. The number of likely N-dealkylation sites (N-methyl/N-ethyl adjacent to an activating group) is 1. The van der Waals surface area contributed by atoms with Crippen LogP contribution in [0.5, 0.6) is 0 Å². The van der Waals surface area contributed by atoms with E-state index < -0.39 is 0 Å². The predicted octanol–water partition coefficient (Wildman–Crippen LogP) is 1.03. The Hall–Kier alpha value is -1.69. The first kappa shape index (κ1) is 15.7. The van der Waals surface area contributed by atoms with Crippen molar-refractivity contribution >= 4 is 11.9 Å². The van der Waals surface area contributed by atoms with Crippen LogP contribution in [0.1, 0.15) is 32.8 Å². The molecular weight excluding hydrogens is 266 g/mol. The Morgan fingerprint density at radius 1 is 1.24 bits per heavy atom. The van der Waals surface area contributed by atoms with Crippen molar-refractivity contribution in [3.63, 3.8) is 0 Å². The van der Waals surface area contributed by atoms with E-state index in [4.69, 9.17) is 0 Å². The first-order chi connectivity index (χ1) is 9.85. The van der Waals surface area contributed by atoms with Crippen LogP contribution in [0.25, 0.3) is 0 Å². The molecule has 6 heteroatoms. The Kier molecular flexibility index (Phi) is 4.77. The molecule has 0 aliphatic carbocycles. The van der Waals surface area contributed by atoms with Crippen molar-refractivity contribution in [2.75, 3.05) is 31.6 Å². The molecule has 2 rings (SSSR count). The van der Waals surface area contributed by atoms with Crippen LogP contribution in [0, 0.1) is 0 Å². The lowest BCUT2D eigenvalue weighted by Crippen LogP contribution is -2.36. The van der Waals surface area contributed by atoms with Crippen LogP contribution in [0.3, 0.4) is 0 Å². The average Bonchev–Trinajstić information content (AvgIpc) is 2.59. The van der Waals surface area contributed by atoms with Crippen LogP contribution in [0.15, 0.2) is 12.4 Å². The fraction of sp³-hybridized carbons (Fsp3) is 0.667. The molecule has 1 aromatic rings. The van der Waals surface area contributed by atoms with Crippen LogP contribution in [0.2, 0.25) is 0 Å². The molecule has 1 aromatic heterocycles. The monoisotopic (exact) mass is 291 g/mol. The number of nitrogens with one attached hydrogen (secondary N) is 1. The summed E-state index contributed by atoms with van der Waals surface area (Å²) in [5.74, 6) is 0.757. The van der Waals surface area contributed by atoms with E-state index in [1.54, 1.807) is 4.90 Å². The number of aromatic nitrogens is 2. The second kappa shape index (κ2) is 6.39. The maximum absolute atomic E-state index is 11.9. The number of anilines is 1. The normalized spacial score (nSPS) is 17.0. The molecule has 0 bridgehead atoms. The molecule has 0 radical (unpaired) electrons. The number of hydrogen-bond acceptors (Lipinski definition) is 5. The second-order valence-corrected chi connectivity index (χ2v) is 6.59. The highest BCUT2D eigenvalue weighted by Gasteiger charge is 2.20. The molecular formula is C15H25N5O. The van der Waals surface area contributed by atoms with Gasteiger partial charge in [0.25, 0.3) is 0 Å². The molecule has 1 fully saturated rings. The van der Waals surface area contributed by atoms with Gasteiger partial charge in [0.05, 0.1) is 6.54 Å². The van der Waals surface area contributed by atoms with Crippen molar-refractivity contribution in [2.45, 2.75) is 39.3 Å². The van der Waals surface area contributed by atoms with E-state index in [1.807, 2.05) is 24.3 Å². The molecule has 0 aromatic carbocycles. The zero-order chi connectivity index (χ0) is 15.5. The summed E-state index contributed by atoms with van der Waals surface area (Å²) >= 11 is 0. The van der Waals surface area contributed by atoms with Gasteiger partial charge in [-0.25, -0.2) is 9.97 Å². The zero-order valence-electron chi connectivity index (χ0n) is 13.4. The number of nitrogens with zero attached hydrogens (tertiary/aromatic N) is 4. The van der Waals surface area contributed by atoms with E-state index in [2.05, 4.69) is 36.1 Å². The maximum atomic E-state index is 11.9. The summed E-state index contributed by atoms with van der Waals surface area (Å²) in [4.78, 5) is 24.4. The van der Waals surface area contributed by atoms with Crippen molar-refractivity contribution in [1.29, 1.82) is 0 Å². The number of carbonyl (C=O) groups excluding carboxylic acids is 1. The molecule has 1 saturated heterocycles.